The number of amides is 1. The summed E-state index contributed by atoms with van der Waals surface area (Å²) in [4.78, 5) is 16.0. The molecule has 0 radical (unpaired) electrons. The lowest BCUT2D eigenvalue weighted by Crippen LogP contribution is -2.48. The minimum atomic E-state index is 0.183. The summed E-state index contributed by atoms with van der Waals surface area (Å²) in [6.45, 7) is 4.63. The maximum Gasteiger partial charge on any atom is 0.224 e. The van der Waals surface area contributed by atoms with Gasteiger partial charge in [-0.05, 0) is 28.1 Å². The Balaban J connectivity index is 1.74. The highest BCUT2D eigenvalue weighted by Crippen LogP contribution is 2.16. The fraction of sp³-hybridized carbons (Fsp3) is 0.615. The average molecular weight is 331 g/mol. The number of ether oxygens (including phenoxy) is 1. The first kappa shape index (κ1) is 14.6. The second kappa shape index (κ2) is 7.07. The quantitative estimate of drug-likeness (QED) is 0.824. The molecule has 1 aliphatic rings. The molecule has 2 rings (SSSR count). The molecule has 0 aliphatic carbocycles. The van der Waals surface area contributed by atoms with Crippen LogP contribution in [0, 0.1) is 0 Å². The predicted octanol–water partition coefficient (Wildman–Crippen LogP) is 1.72. The van der Waals surface area contributed by atoms with E-state index in [0.717, 1.165) is 43.2 Å². The molecule has 0 spiro atoms. The van der Waals surface area contributed by atoms with E-state index in [1.54, 1.807) is 7.11 Å². The van der Waals surface area contributed by atoms with Crippen LogP contribution in [0.3, 0.4) is 0 Å². The lowest BCUT2D eigenvalue weighted by Gasteiger charge is -2.34. The van der Waals surface area contributed by atoms with Crippen molar-refractivity contribution in [1.82, 2.24) is 9.80 Å². The third-order valence-corrected chi connectivity index (χ3v) is 3.68. The lowest BCUT2D eigenvalue weighted by atomic mass is 10.2. The molecule has 1 aromatic rings. The lowest BCUT2D eigenvalue weighted by molar-refractivity contribution is -0.133. The summed E-state index contributed by atoms with van der Waals surface area (Å²) in [6.07, 6.45) is 0.474. The number of methoxy groups -OCH3 is 1. The second-order valence-electron chi connectivity index (χ2n) is 4.61. The van der Waals surface area contributed by atoms with Gasteiger partial charge in [0.05, 0.1) is 19.6 Å². The molecule has 0 bridgehead atoms. The summed E-state index contributed by atoms with van der Waals surface area (Å²) in [6, 6.07) is 3.88. The molecule has 6 heteroatoms. The Morgan fingerprint density at radius 2 is 2.11 bits per heavy atom. The van der Waals surface area contributed by atoms with Crippen molar-refractivity contribution in [3.8, 4) is 0 Å². The number of nitrogens with zero attached hydrogens (tertiary/aromatic N) is 2. The van der Waals surface area contributed by atoms with Gasteiger partial charge in [0.1, 0.15) is 5.76 Å². The molecule has 0 N–H and O–H groups in total. The van der Waals surface area contributed by atoms with Gasteiger partial charge in [-0.2, -0.15) is 0 Å². The third kappa shape index (κ3) is 4.33. The van der Waals surface area contributed by atoms with Crippen LogP contribution in [0.15, 0.2) is 21.2 Å². The van der Waals surface area contributed by atoms with Crippen LogP contribution >= 0.6 is 15.9 Å². The summed E-state index contributed by atoms with van der Waals surface area (Å²) in [7, 11) is 1.62. The fourth-order valence-corrected chi connectivity index (χ4v) is 2.50. The van der Waals surface area contributed by atoms with Crippen molar-refractivity contribution in [3.63, 3.8) is 0 Å². The third-order valence-electron chi connectivity index (χ3n) is 3.25. The van der Waals surface area contributed by atoms with Crippen molar-refractivity contribution in [2.75, 3.05) is 39.9 Å². The number of rotatable bonds is 5. The van der Waals surface area contributed by atoms with Gasteiger partial charge in [0.2, 0.25) is 5.91 Å². The number of carbonyl (C=O) groups excluding carboxylic acids is 1. The Labute approximate surface area is 121 Å². The standard InChI is InChI=1S/C13H19BrN2O3/c1-18-9-4-13(17)16-7-5-15(6-8-16)10-11-2-3-12(14)19-11/h2-3H,4-10H2,1H3. The maximum absolute atomic E-state index is 11.8. The number of hydrogen-bond acceptors (Lipinski definition) is 4. The molecular formula is C13H19BrN2O3. The summed E-state index contributed by atoms with van der Waals surface area (Å²) in [5.41, 5.74) is 0. The predicted molar refractivity (Wildman–Crippen MR) is 74.8 cm³/mol. The van der Waals surface area contributed by atoms with E-state index in [1.165, 1.54) is 0 Å². The zero-order chi connectivity index (χ0) is 13.7. The van der Waals surface area contributed by atoms with Crippen LogP contribution in [0.2, 0.25) is 0 Å². The molecule has 1 aliphatic heterocycles. The summed E-state index contributed by atoms with van der Waals surface area (Å²) in [5, 5.41) is 0. The highest BCUT2D eigenvalue weighted by molar-refractivity contribution is 9.10. The van der Waals surface area contributed by atoms with Crippen LogP contribution in [0.5, 0.6) is 0 Å². The number of hydrogen-bond donors (Lipinski definition) is 0. The average Bonchev–Trinajstić information content (AvgIpc) is 2.82. The Morgan fingerprint density at radius 1 is 1.37 bits per heavy atom. The van der Waals surface area contributed by atoms with Gasteiger partial charge in [0.25, 0.3) is 0 Å². The molecule has 0 atom stereocenters. The van der Waals surface area contributed by atoms with Crippen LogP contribution in [0.4, 0.5) is 0 Å². The first-order valence-electron chi connectivity index (χ1n) is 6.42. The van der Waals surface area contributed by atoms with Crippen molar-refractivity contribution >= 4 is 21.8 Å². The van der Waals surface area contributed by atoms with Gasteiger partial charge in [0.15, 0.2) is 4.67 Å². The molecule has 106 valence electrons. The van der Waals surface area contributed by atoms with Gasteiger partial charge in [-0.1, -0.05) is 0 Å². The second-order valence-corrected chi connectivity index (χ2v) is 5.39. The molecule has 0 aromatic carbocycles. The minimum absolute atomic E-state index is 0.183. The van der Waals surface area contributed by atoms with E-state index in [1.807, 2.05) is 17.0 Å². The molecular weight excluding hydrogens is 312 g/mol. The molecule has 0 saturated carbocycles. The smallest absolute Gasteiger partial charge is 0.224 e. The Bertz CT molecular complexity index is 414. The first-order valence-corrected chi connectivity index (χ1v) is 7.21. The van der Waals surface area contributed by atoms with Crippen molar-refractivity contribution < 1.29 is 13.9 Å². The van der Waals surface area contributed by atoms with Gasteiger partial charge in [0, 0.05) is 33.3 Å². The van der Waals surface area contributed by atoms with Gasteiger partial charge < -0.3 is 14.1 Å². The van der Waals surface area contributed by atoms with E-state index >= 15 is 0 Å². The molecule has 19 heavy (non-hydrogen) atoms. The van der Waals surface area contributed by atoms with Gasteiger partial charge in [-0.25, -0.2) is 0 Å². The van der Waals surface area contributed by atoms with E-state index in [2.05, 4.69) is 20.8 Å². The number of piperazine rings is 1. The van der Waals surface area contributed by atoms with Gasteiger partial charge >= 0.3 is 0 Å². The summed E-state index contributed by atoms with van der Waals surface area (Å²) >= 11 is 3.30. The number of carbonyl (C=O) groups is 1. The molecule has 1 fully saturated rings. The van der Waals surface area contributed by atoms with Crippen LogP contribution in [0.1, 0.15) is 12.2 Å². The summed E-state index contributed by atoms with van der Waals surface area (Å²) < 4.78 is 11.2. The highest BCUT2D eigenvalue weighted by Gasteiger charge is 2.21. The monoisotopic (exact) mass is 330 g/mol. The Morgan fingerprint density at radius 3 is 2.68 bits per heavy atom. The summed E-state index contributed by atoms with van der Waals surface area (Å²) in [5.74, 6) is 1.13. The van der Waals surface area contributed by atoms with Crippen LogP contribution in [-0.2, 0) is 16.1 Å². The van der Waals surface area contributed by atoms with Crippen LogP contribution in [0.25, 0.3) is 0 Å². The topological polar surface area (TPSA) is 45.9 Å². The van der Waals surface area contributed by atoms with E-state index in [0.29, 0.717) is 13.0 Å². The van der Waals surface area contributed by atoms with Crippen molar-refractivity contribution in [2.45, 2.75) is 13.0 Å². The first-order chi connectivity index (χ1) is 9.19. The largest absolute Gasteiger partial charge is 0.453 e. The molecule has 1 aromatic heterocycles. The van der Waals surface area contributed by atoms with Gasteiger partial charge in [-0.15, -0.1) is 0 Å². The van der Waals surface area contributed by atoms with Crippen molar-refractivity contribution in [2.24, 2.45) is 0 Å². The molecule has 1 amide bonds. The van der Waals surface area contributed by atoms with E-state index in [4.69, 9.17) is 9.15 Å². The van der Waals surface area contributed by atoms with Crippen molar-refractivity contribution in [1.29, 1.82) is 0 Å². The van der Waals surface area contributed by atoms with E-state index in [-0.39, 0.29) is 5.91 Å². The molecule has 1 saturated heterocycles. The molecule has 0 unspecified atom stereocenters. The Hall–Kier alpha value is -0.850. The minimum Gasteiger partial charge on any atom is -0.453 e. The van der Waals surface area contributed by atoms with E-state index < -0.39 is 0 Å². The zero-order valence-corrected chi connectivity index (χ0v) is 12.7. The number of furan rings is 1. The molecule has 2 heterocycles. The van der Waals surface area contributed by atoms with Gasteiger partial charge in [-0.3, -0.25) is 9.69 Å². The number of halogens is 1. The van der Waals surface area contributed by atoms with Crippen molar-refractivity contribution in [3.05, 3.63) is 22.6 Å². The normalized spacial score (nSPS) is 16.8. The van der Waals surface area contributed by atoms with Crippen LogP contribution in [-0.4, -0.2) is 55.6 Å². The Kier molecular flexibility index (Phi) is 5.42. The fourth-order valence-electron chi connectivity index (χ4n) is 2.16. The van der Waals surface area contributed by atoms with E-state index in [9.17, 15) is 4.79 Å². The molecule has 5 nitrogen and oxygen atoms in total. The SMILES string of the molecule is COCCC(=O)N1CCN(Cc2ccc(Br)o2)CC1. The van der Waals surface area contributed by atoms with Crippen LogP contribution < -0.4 is 0 Å². The maximum atomic E-state index is 11.8. The zero-order valence-electron chi connectivity index (χ0n) is 11.1. The highest BCUT2D eigenvalue weighted by atomic mass is 79.9.